The maximum atomic E-state index is 13.1. The van der Waals surface area contributed by atoms with E-state index < -0.39 is 23.2 Å². The second-order valence-corrected chi connectivity index (χ2v) is 9.92. The van der Waals surface area contributed by atoms with Crippen molar-refractivity contribution in [3.05, 3.63) is 70.4 Å². The first kappa shape index (κ1) is 26.3. The van der Waals surface area contributed by atoms with E-state index in [9.17, 15) is 19.5 Å². The Morgan fingerprint density at radius 3 is 2.24 bits per heavy atom. The summed E-state index contributed by atoms with van der Waals surface area (Å²) in [5, 5.41) is 14.1. The molecule has 2 N–H and O–H groups in total. The zero-order valence-electron chi connectivity index (χ0n) is 20.4. The lowest BCUT2D eigenvalue weighted by molar-refractivity contribution is -0.141. The Labute approximate surface area is 222 Å². The molecule has 2 amide bonds. The van der Waals surface area contributed by atoms with Crippen LogP contribution in [0.25, 0.3) is 33.5 Å². The van der Waals surface area contributed by atoms with Crippen molar-refractivity contribution in [1.29, 1.82) is 0 Å². The van der Waals surface area contributed by atoms with Gasteiger partial charge in [0.15, 0.2) is 5.76 Å². The minimum atomic E-state index is -1.83. The van der Waals surface area contributed by atoms with Crippen molar-refractivity contribution in [3.8, 4) is 22.4 Å². The largest absolute Gasteiger partial charge is 0.432 e. The molecule has 4 rings (SSSR count). The number of hydrogen-bond acceptors (Lipinski definition) is 6. The third kappa shape index (κ3) is 5.22. The van der Waals surface area contributed by atoms with Crippen molar-refractivity contribution in [2.75, 3.05) is 19.4 Å². The highest BCUT2D eigenvalue weighted by molar-refractivity contribution is 6.40. The maximum Gasteiger partial charge on any atom is 0.314 e. The zero-order chi connectivity index (χ0) is 27.1. The average molecular weight is 540 g/mol. The summed E-state index contributed by atoms with van der Waals surface area (Å²) in [4.78, 5) is 43.8. The number of amides is 2. The predicted octanol–water partition coefficient (Wildman–Crippen LogP) is 5.45. The lowest BCUT2D eigenvalue weighted by Gasteiger charge is -2.15. The minimum Gasteiger partial charge on any atom is -0.432 e. The summed E-state index contributed by atoms with van der Waals surface area (Å²) in [7, 11) is 2.85. The number of furan rings is 1. The fraction of sp³-hybridized carbons (Fsp3) is 0.185. The number of nitrogens with one attached hydrogen (secondary N) is 1. The molecule has 2 aromatic carbocycles. The normalized spacial score (nSPS) is 11.4. The summed E-state index contributed by atoms with van der Waals surface area (Å²) in [5.41, 5.74) is 0.504. The van der Waals surface area contributed by atoms with Gasteiger partial charge in [-0.3, -0.25) is 14.4 Å². The molecule has 0 spiro atoms. The number of rotatable bonds is 5. The minimum absolute atomic E-state index is 0.00725. The van der Waals surface area contributed by atoms with E-state index in [1.165, 1.54) is 27.9 Å². The van der Waals surface area contributed by atoms with Crippen LogP contribution in [0.3, 0.4) is 0 Å². The Morgan fingerprint density at radius 1 is 1.00 bits per heavy atom. The van der Waals surface area contributed by atoms with Crippen molar-refractivity contribution >= 4 is 57.6 Å². The molecule has 37 heavy (non-hydrogen) atoms. The number of likely N-dealkylation sites (N-methyl/N-ethyl adjacent to an activating group) is 1. The molecule has 4 aromatic rings. The van der Waals surface area contributed by atoms with E-state index in [-0.39, 0.29) is 22.5 Å². The molecule has 2 aromatic heterocycles. The van der Waals surface area contributed by atoms with E-state index in [2.05, 4.69) is 10.3 Å². The molecule has 0 atom stereocenters. The number of benzene rings is 2. The number of Topliss-reactive ketones (excluding diaryl/α,β-unsaturated/α-hetero) is 1. The fourth-order valence-corrected chi connectivity index (χ4v) is 4.01. The standard InChI is InChI=1S/C27H23Cl2N3O5/c1-27(2,36)23(33)22-21(30-24(34)26(35)32(3)4)18-13-17(14-9-11-15(28)12-10-14)20(31-25(18)37-22)16-7-5-6-8-19(16)29/h5-13,36H,1-4H3,(H,30,34). The number of carbonyl (C=O) groups excluding carboxylic acids is 3. The Morgan fingerprint density at radius 2 is 1.65 bits per heavy atom. The first-order valence-electron chi connectivity index (χ1n) is 11.2. The van der Waals surface area contributed by atoms with Gasteiger partial charge in [-0.2, -0.15) is 0 Å². The number of nitrogens with zero attached hydrogens (tertiary/aromatic N) is 2. The van der Waals surface area contributed by atoms with Crippen LogP contribution in [0.15, 0.2) is 59.0 Å². The van der Waals surface area contributed by atoms with Gasteiger partial charge in [-0.25, -0.2) is 4.98 Å². The van der Waals surface area contributed by atoms with Crippen molar-refractivity contribution in [3.63, 3.8) is 0 Å². The summed E-state index contributed by atoms with van der Waals surface area (Å²) in [6, 6.07) is 15.8. The number of halogens is 2. The molecule has 0 saturated carbocycles. The highest BCUT2D eigenvalue weighted by Gasteiger charge is 2.34. The van der Waals surface area contributed by atoms with Crippen LogP contribution in [0, 0.1) is 0 Å². The number of pyridine rings is 1. The van der Waals surface area contributed by atoms with E-state index >= 15 is 0 Å². The molecular weight excluding hydrogens is 517 g/mol. The lowest BCUT2D eigenvalue weighted by atomic mass is 9.97. The Hall–Kier alpha value is -3.72. The second-order valence-electron chi connectivity index (χ2n) is 9.07. The molecular formula is C27H23Cl2N3O5. The van der Waals surface area contributed by atoms with Gasteiger partial charge in [0.2, 0.25) is 11.5 Å². The first-order chi connectivity index (χ1) is 17.4. The van der Waals surface area contributed by atoms with Crippen molar-refractivity contribution in [1.82, 2.24) is 9.88 Å². The van der Waals surface area contributed by atoms with Crippen LogP contribution in [-0.2, 0) is 9.59 Å². The lowest BCUT2D eigenvalue weighted by Crippen LogP contribution is -2.35. The predicted molar refractivity (Wildman–Crippen MR) is 143 cm³/mol. The monoisotopic (exact) mass is 539 g/mol. The molecule has 0 aliphatic rings. The summed E-state index contributed by atoms with van der Waals surface area (Å²) in [6.07, 6.45) is 0. The van der Waals surface area contributed by atoms with Crippen molar-refractivity contribution < 1.29 is 23.9 Å². The smallest absolute Gasteiger partial charge is 0.314 e. The van der Waals surface area contributed by atoms with Gasteiger partial charge in [0.05, 0.1) is 11.1 Å². The summed E-state index contributed by atoms with van der Waals surface area (Å²) in [6.45, 7) is 2.58. The number of ketones is 1. The maximum absolute atomic E-state index is 13.1. The summed E-state index contributed by atoms with van der Waals surface area (Å²) < 4.78 is 5.82. The first-order valence-corrected chi connectivity index (χ1v) is 11.9. The van der Waals surface area contributed by atoms with Gasteiger partial charge in [0.1, 0.15) is 11.3 Å². The van der Waals surface area contributed by atoms with Crippen LogP contribution >= 0.6 is 23.2 Å². The molecule has 10 heteroatoms. The zero-order valence-corrected chi connectivity index (χ0v) is 21.9. The number of hydrogen-bond donors (Lipinski definition) is 2. The van der Waals surface area contributed by atoms with Gasteiger partial charge < -0.3 is 19.7 Å². The van der Waals surface area contributed by atoms with Crippen LogP contribution in [0.4, 0.5) is 5.69 Å². The summed E-state index contributed by atoms with van der Waals surface area (Å²) >= 11 is 12.6. The molecule has 0 saturated heterocycles. The van der Waals surface area contributed by atoms with Crippen LogP contribution < -0.4 is 5.32 Å². The highest BCUT2D eigenvalue weighted by atomic mass is 35.5. The number of fused-ring (bicyclic) bond motifs is 1. The van der Waals surface area contributed by atoms with Crippen LogP contribution in [0.5, 0.6) is 0 Å². The van der Waals surface area contributed by atoms with Gasteiger partial charge in [-0.05, 0) is 43.7 Å². The molecule has 0 aliphatic carbocycles. The third-order valence-corrected chi connectivity index (χ3v) is 6.15. The molecule has 0 radical (unpaired) electrons. The average Bonchev–Trinajstić information content (AvgIpc) is 3.19. The molecule has 0 fully saturated rings. The van der Waals surface area contributed by atoms with Gasteiger partial charge >= 0.3 is 11.8 Å². The van der Waals surface area contributed by atoms with Crippen LogP contribution in [0.1, 0.15) is 24.4 Å². The van der Waals surface area contributed by atoms with Gasteiger partial charge in [-0.15, -0.1) is 0 Å². The van der Waals surface area contributed by atoms with Gasteiger partial charge in [0.25, 0.3) is 0 Å². The Kier molecular flexibility index (Phi) is 7.10. The molecule has 0 unspecified atom stereocenters. The van der Waals surface area contributed by atoms with E-state index in [1.807, 2.05) is 6.07 Å². The van der Waals surface area contributed by atoms with Gasteiger partial charge in [0, 0.05) is 35.3 Å². The van der Waals surface area contributed by atoms with Crippen molar-refractivity contribution in [2.45, 2.75) is 19.4 Å². The molecule has 0 bridgehead atoms. The van der Waals surface area contributed by atoms with Crippen LogP contribution in [0.2, 0.25) is 10.0 Å². The SMILES string of the molecule is CN(C)C(=O)C(=O)Nc1c(C(=O)C(C)(C)O)oc2nc(-c3ccccc3Cl)c(-c3ccc(Cl)cc3)cc12. The van der Waals surface area contributed by atoms with E-state index in [0.29, 0.717) is 26.9 Å². The van der Waals surface area contributed by atoms with E-state index in [4.69, 9.17) is 27.6 Å². The number of carbonyl (C=O) groups is 3. The fourth-order valence-electron chi connectivity index (χ4n) is 3.66. The molecule has 190 valence electrons. The topological polar surface area (TPSA) is 113 Å². The van der Waals surface area contributed by atoms with Gasteiger partial charge in [-0.1, -0.05) is 53.5 Å². The highest BCUT2D eigenvalue weighted by Crippen LogP contribution is 2.41. The third-order valence-electron chi connectivity index (χ3n) is 5.57. The molecule has 0 aliphatic heterocycles. The number of aromatic nitrogens is 1. The Bertz CT molecular complexity index is 1540. The second kappa shape index (κ2) is 9.97. The molecule has 2 heterocycles. The number of anilines is 1. The summed E-state index contributed by atoms with van der Waals surface area (Å²) in [5.74, 6) is -2.96. The quantitative estimate of drug-likeness (QED) is 0.257. The Balaban J connectivity index is 2.04. The van der Waals surface area contributed by atoms with E-state index in [1.54, 1.807) is 48.5 Å². The number of aliphatic hydroxyl groups is 1. The van der Waals surface area contributed by atoms with E-state index in [0.717, 1.165) is 10.5 Å². The van der Waals surface area contributed by atoms with Crippen LogP contribution in [-0.4, -0.2) is 52.3 Å². The molecule has 8 nitrogen and oxygen atoms in total. The van der Waals surface area contributed by atoms with Crippen molar-refractivity contribution in [2.24, 2.45) is 0 Å².